The Morgan fingerprint density at radius 2 is 0.516 bits per heavy atom. The van der Waals surface area contributed by atoms with Crippen LogP contribution >= 0.6 is 25.8 Å². The predicted molar refractivity (Wildman–Crippen MR) is 124 cm³/mol. The first-order valence-electron chi connectivity index (χ1n) is 10.6. The first-order valence-corrected chi connectivity index (χ1v) is 13.9. The molecule has 0 saturated carbocycles. The van der Waals surface area contributed by atoms with Gasteiger partial charge in [-0.25, -0.2) is 0 Å². The van der Waals surface area contributed by atoms with Gasteiger partial charge in [0.2, 0.25) is 0 Å². The monoisotopic (exact) mass is 616 g/mol. The van der Waals surface area contributed by atoms with E-state index < -0.39 is 25.8 Å². The van der Waals surface area contributed by atoms with Crippen molar-refractivity contribution in [3.05, 3.63) is 0 Å². The molecule has 2 radical (unpaired) electrons. The minimum absolute atomic E-state index is 0. The summed E-state index contributed by atoms with van der Waals surface area (Å²) in [5, 5.41) is 0. The summed E-state index contributed by atoms with van der Waals surface area (Å²) < 4.78 is 28.7. The normalized spacial score (nSPS) is 10.5. The van der Waals surface area contributed by atoms with Gasteiger partial charge in [0.05, 0.1) is 65.4 Å². The van der Waals surface area contributed by atoms with Crippen molar-refractivity contribution >= 4 is 50.2 Å². The summed E-state index contributed by atoms with van der Waals surface area (Å²) >= 11 is 0. The summed E-state index contributed by atoms with van der Waals surface area (Å²) in [4.78, 5) is 32.0. The standard InChI is InChI=1S/3C6H14O3P.Sb/c3*1-3-5-8-10(7)9-6-4-2;/h3*3-6H2,1-2H3;/q3*-1;+3. The van der Waals surface area contributed by atoms with Crippen LogP contribution < -0.4 is 14.7 Å². The smallest absolute Gasteiger partial charge is 0.786 e. The fourth-order valence-electron chi connectivity index (χ4n) is 1.11. The van der Waals surface area contributed by atoms with E-state index in [0.717, 1.165) is 38.5 Å². The Kier molecular flexibility index (Phi) is 46.8. The van der Waals surface area contributed by atoms with Crippen molar-refractivity contribution in [2.75, 3.05) is 39.6 Å². The molecule has 9 nitrogen and oxygen atoms in total. The molecule has 31 heavy (non-hydrogen) atoms. The minimum Gasteiger partial charge on any atom is -0.786 e. The third-order valence-electron chi connectivity index (χ3n) is 2.40. The van der Waals surface area contributed by atoms with Gasteiger partial charge in [0.25, 0.3) is 0 Å². The molecule has 0 aliphatic rings. The van der Waals surface area contributed by atoms with Crippen LogP contribution in [0.4, 0.5) is 0 Å². The summed E-state index contributed by atoms with van der Waals surface area (Å²) in [5.74, 6) is 0. The molecule has 0 unspecified atom stereocenters. The molecule has 0 N–H and O–H groups in total. The van der Waals surface area contributed by atoms with Gasteiger partial charge < -0.3 is 41.8 Å². The summed E-state index contributed by atoms with van der Waals surface area (Å²) in [6.07, 6.45) is 5.23. The predicted octanol–water partition coefficient (Wildman–Crippen LogP) is 3.90. The van der Waals surface area contributed by atoms with Crippen molar-refractivity contribution in [2.24, 2.45) is 0 Å². The molecule has 0 aromatic heterocycles. The Hall–Kier alpha value is 1.75. The van der Waals surface area contributed by atoms with Gasteiger partial charge in [-0.2, -0.15) is 0 Å². The molecule has 0 heterocycles. The quantitative estimate of drug-likeness (QED) is 0.166. The third-order valence-corrected chi connectivity index (χ3v) is 4.77. The van der Waals surface area contributed by atoms with Gasteiger partial charge in [0.15, 0.2) is 0 Å². The van der Waals surface area contributed by atoms with Crippen LogP contribution in [0.25, 0.3) is 0 Å². The van der Waals surface area contributed by atoms with Gasteiger partial charge >= 0.3 is 24.4 Å². The zero-order valence-corrected chi connectivity index (χ0v) is 25.2. The molecule has 13 heteroatoms. The molecule has 0 rings (SSSR count). The van der Waals surface area contributed by atoms with Crippen LogP contribution in [0.5, 0.6) is 0 Å². The van der Waals surface area contributed by atoms with E-state index in [9.17, 15) is 14.7 Å². The fraction of sp³-hybridized carbons (Fsp3) is 1.00. The molecular formula is C18H42O9P3Sb. The molecule has 0 spiro atoms. The van der Waals surface area contributed by atoms with Crippen molar-refractivity contribution in [3.8, 4) is 0 Å². The van der Waals surface area contributed by atoms with Crippen LogP contribution in [-0.2, 0) is 27.1 Å². The molecular weight excluding hydrogens is 575 g/mol. The van der Waals surface area contributed by atoms with Gasteiger partial charge in [-0.1, -0.05) is 41.5 Å². The van der Waals surface area contributed by atoms with Crippen molar-refractivity contribution in [3.63, 3.8) is 0 Å². The van der Waals surface area contributed by atoms with Gasteiger partial charge in [0, 0.05) is 0 Å². The number of hydrogen-bond acceptors (Lipinski definition) is 9. The first-order chi connectivity index (χ1) is 14.4. The van der Waals surface area contributed by atoms with Gasteiger partial charge in [-0.15, -0.1) is 0 Å². The van der Waals surface area contributed by atoms with E-state index in [4.69, 9.17) is 27.1 Å². The summed E-state index contributed by atoms with van der Waals surface area (Å²) in [5.41, 5.74) is 0. The Bertz CT molecular complexity index is 235. The largest absolute Gasteiger partial charge is 3.00 e. The molecule has 0 saturated heterocycles. The van der Waals surface area contributed by atoms with E-state index >= 15 is 0 Å². The summed E-state index contributed by atoms with van der Waals surface area (Å²) in [7, 11) is -5.53. The SMILES string of the molecule is CCCOP([O-])OCCC.CCCOP([O-])OCCC.CCCOP([O-])OCCC.[Sb+3]. The average Bonchev–Trinajstić information content (AvgIpc) is 2.76. The van der Waals surface area contributed by atoms with E-state index in [1.165, 1.54) is 0 Å². The zero-order chi connectivity index (χ0) is 23.5. The van der Waals surface area contributed by atoms with Crippen molar-refractivity contribution < 1.29 is 41.8 Å². The Morgan fingerprint density at radius 1 is 0.387 bits per heavy atom. The Morgan fingerprint density at radius 3 is 0.613 bits per heavy atom. The second-order valence-corrected chi connectivity index (χ2v) is 8.56. The molecule has 0 aromatic carbocycles. The van der Waals surface area contributed by atoms with Crippen LogP contribution in [0.3, 0.4) is 0 Å². The van der Waals surface area contributed by atoms with Crippen molar-refractivity contribution in [1.82, 2.24) is 0 Å². The maximum Gasteiger partial charge on any atom is 3.00 e. The Labute approximate surface area is 211 Å². The molecule has 0 atom stereocenters. The topological polar surface area (TPSA) is 125 Å². The van der Waals surface area contributed by atoms with Crippen LogP contribution in [0.15, 0.2) is 0 Å². The fourth-order valence-corrected chi connectivity index (χ4v) is 3.32. The van der Waals surface area contributed by atoms with Crippen molar-refractivity contribution in [2.45, 2.75) is 80.1 Å². The molecule has 0 aromatic rings. The number of rotatable bonds is 18. The van der Waals surface area contributed by atoms with Crippen LogP contribution in [0, 0.1) is 0 Å². The second-order valence-electron chi connectivity index (χ2n) is 5.67. The second kappa shape index (κ2) is 36.3. The van der Waals surface area contributed by atoms with E-state index in [2.05, 4.69) is 0 Å². The first kappa shape index (κ1) is 39.9. The Balaban J connectivity index is -0.000000174. The van der Waals surface area contributed by atoms with Crippen LogP contribution in [-0.4, -0.2) is 64.1 Å². The molecule has 188 valence electrons. The molecule has 0 amide bonds. The average molecular weight is 617 g/mol. The zero-order valence-electron chi connectivity index (χ0n) is 19.9. The van der Waals surface area contributed by atoms with Gasteiger partial charge in [-0.05, 0) is 38.5 Å². The molecule has 0 aliphatic heterocycles. The molecule has 0 bridgehead atoms. The van der Waals surface area contributed by atoms with Crippen LogP contribution in [0.2, 0.25) is 0 Å². The summed E-state index contributed by atoms with van der Waals surface area (Å²) in [6.45, 7) is 14.8. The molecule has 0 aliphatic carbocycles. The number of hydrogen-bond donors (Lipinski definition) is 0. The van der Waals surface area contributed by atoms with Crippen molar-refractivity contribution in [1.29, 1.82) is 0 Å². The van der Waals surface area contributed by atoms with E-state index in [1.807, 2.05) is 41.5 Å². The van der Waals surface area contributed by atoms with Crippen LogP contribution in [0.1, 0.15) is 80.1 Å². The molecule has 0 fully saturated rings. The summed E-state index contributed by atoms with van der Waals surface area (Å²) in [6, 6.07) is 0. The third kappa shape index (κ3) is 42.4. The van der Waals surface area contributed by atoms with Gasteiger partial charge in [-0.3, -0.25) is 0 Å². The van der Waals surface area contributed by atoms with E-state index in [0.29, 0.717) is 39.6 Å². The minimum atomic E-state index is -1.84. The van der Waals surface area contributed by atoms with E-state index in [1.54, 1.807) is 0 Å². The maximum absolute atomic E-state index is 10.7. The maximum atomic E-state index is 10.7. The van der Waals surface area contributed by atoms with Gasteiger partial charge in [0.1, 0.15) is 0 Å². The van der Waals surface area contributed by atoms with E-state index in [-0.39, 0.29) is 24.4 Å².